The highest BCUT2D eigenvalue weighted by Crippen LogP contribution is 2.35. The normalized spacial score (nSPS) is 18.5. The number of imidazole rings is 1. The minimum Gasteiger partial charge on any atom is -0.373 e. The van der Waals surface area contributed by atoms with Crippen LogP contribution in [-0.2, 0) is 18.5 Å². The van der Waals surface area contributed by atoms with Crippen LogP contribution in [0.4, 0.5) is 14.6 Å². The number of carbonyl (C=O) groups excluding carboxylic acids is 1. The van der Waals surface area contributed by atoms with Crippen LogP contribution in [0.3, 0.4) is 0 Å². The van der Waals surface area contributed by atoms with Crippen molar-refractivity contribution in [3.8, 4) is 0 Å². The predicted octanol–water partition coefficient (Wildman–Crippen LogP) is 6.08. The first-order chi connectivity index (χ1) is 20.4. The van der Waals surface area contributed by atoms with E-state index >= 15 is 0 Å². The predicted molar refractivity (Wildman–Crippen MR) is 167 cm³/mol. The van der Waals surface area contributed by atoms with Crippen LogP contribution in [0.2, 0.25) is 5.02 Å². The number of nitrogens with one attached hydrogen (secondary N) is 3. The molecule has 2 aromatic heterocycles. The van der Waals surface area contributed by atoms with E-state index in [1.54, 1.807) is 4.57 Å². The fraction of sp³-hybridized carbons (Fsp3) is 0.581. The van der Waals surface area contributed by atoms with Crippen molar-refractivity contribution in [2.45, 2.75) is 97.4 Å². The van der Waals surface area contributed by atoms with Gasteiger partial charge in [-0.25, -0.2) is 13.8 Å². The third-order valence-electron chi connectivity index (χ3n) is 8.45. The summed E-state index contributed by atoms with van der Waals surface area (Å²) in [6.07, 6.45) is 2.95. The zero-order valence-corrected chi connectivity index (χ0v) is 26.6. The molecular formula is C31H43ClF2N8O. The summed E-state index contributed by atoms with van der Waals surface area (Å²) >= 11 is 6.56. The van der Waals surface area contributed by atoms with Crippen LogP contribution < -0.4 is 10.6 Å². The molecule has 0 radical (unpaired) electrons. The van der Waals surface area contributed by atoms with Crippen molar-refractivity contribution in [1.82, 2.24) is 34.9 Å². The number of amides is 1. The molecule has 1 aromatic carbocycles. The van der Waals surface area contributed by atoms with E-state index in [0.717, 1.165) is 35.9 Å². The number of hydrogen-bond acceptors (Lipinski definition) is 6. The molecule has 0 saturated carbocycles. The van der Waals surface area contributed by atoms with Crippen molar-refractivity contribution in [3.05, 3.63) is 52.2 Å². The number of aromatic amines is 1. The molecule has 0 bridgehead atoms. The summed E-state index contributed by atoms with van der Waals surface area (Å²) < 4.78 is 30.7. The van der Waals surface area contributed by atoms with Crippen LogP contribution in [0, 0.1) is 0 Å². The molecule has 1 atom stereocenters. The average molecular weight is 617 g/mol. The fourth-order valence-corrected chi connectivity index (χ4v) is 6.73. The van der Waals surface area contributed by atoms with E-state index in [9.17, 15) is 13.6 Å². The topological polar surface area (TPSA) is 94.1 Å². The molecule has 5 rings (SSSR count). The molecule has 9 nitrogen and oxygen atoms in total. The Balaban J connectivity index is 1.48. The van der Waals surface area contributed by atoms with Crippen molar-refractivity contribution in [2.24, 2.45) is 0 Å². The van der Waals surface area contributed by atoms with Gasteiger partial charge in [-0.3, -0.25) is 14.8 Å². The Kier molecular flexibility index (Phi) is 9.04. The standard InChI is InChI=1S/C31H43ClF2N8O/c1-7-10-40-15-19(16-40)36-30(43)27-26(28(33)34)37-25(42(27)17-20-9-8-11-41(20)18(2)3)14-35-29-21-12-22(31(4,5)6)23(32)13-24(21)38-39-29/h7,10,12-13,18-20,28H,8-9,11,14-17H2,1-6H3,(H,36,43)(H2,35,38,39). The Morgan fingerprint density at radius 2 is 2.00 bits per heavy atom. The van der Waals surface area contributed by atoms with Gasteiger partial charge >= 0.3 is 0 Å². The zero-order valence-electron chi connectivity index (χ0n) is 25.8. The second kappa shape index (κ2) is 12.4. The number of nitrogens with zero attached hydrogens (tertiary/aromatic N) is 5. The summed E-state index contributed by atoms with van der Waals surface area (Å²) in [5, 5.41) is 15.2. The van der Waals surface area contributed by atoms with E-state index < -0.39 is 18.0 Å². The second-order valence-corrected chi connectivity index (χ2v) is 13.4. The number of alkyl halides is 2. The molecule has 3 N–H and O–H groups in total. The molecule has 1 unspecified atom stereocenters. The molecule has 3 aromatic rings. The maximum absolute atomic E-state index is 14.5. The molecule has 2 saturated heterocycles. The minimum absolute atomic E-state index is 0.0550. The summed E-state index contributed by atoms with van der Waals surface area (Å²) in [6, 6.07) is 4.16. The Morgan fingerprint density at radius 1 is 1.26 bits per heavy atom. The smallest absolute Gasteiger partial charge is 0.282 e. The van der Waals surface area contributed by atoms with E-state index in [0.29, 0.717) is 42.3 Å². The van der Waals surface area contributed by atoms with Gasteiger partial charge in [0, 0.05) is 42.1 Å². The first kappa shape index (κ1) is 31.3. The third kappa shape index (κ3) is 6.52. The molecule has 0 spiro atoms. The fourth-order valence-electron chi connectivity index (χ4n) is 6.29. The third-order valence-corrected chi connectivity index (χ3v) is 8.76. The average Bonchev–Trinajstić information content (AvgIpc) is 3.62. The number of anilines is 1. The highest BCUT2D eigenvalue weighted by Gasteiger charge is 2.35. The number of rotatable bonds is 10. The summed E-state index contributed by atoms with van der Waals surface area (Å²) in [7, 11) is 0. The number of aromatic nitrogens is 4. The molecule has 2 fully saturated rings. The maximum atomic E-state index is 14.5. The van der Waals surface area contributed by atoms with Gasteiger partial charge in [-0.05, 0) is 69.5 Å². The van der Waals surface area contributed by atoms with Crippen molar-refractivity contribution in [3.63, 3.8) is 0 Å². The number of fused-ring (bicyclic) bond motifs is 1. The summed E-state index contributed by atoms with van der Waals surface area (Å²) in [5.41, 5.74) is 1.02. The van der Waals surface area contributed by atoms with Crippen LogP contribution >= 0.6 is 11.6 Å². The monoisotopic (exact) mass is 616 g/mol. The van der Waals surface area contributed by atoms with Gasteiger partial charge in [0.25, 0.3) is 12.3 Å². The molecule has 0 aliphatic carbocycles. The first-order valence-electron chi connectivity index (χ1n) is 15.1. The number of allylic oxidation sites excluding steroid dienone is 1. The molecule has 2 aliphatic heterocycles. The van der Waals surface area contributed by atoms with E-state index in [-0.39, 0.29) is 29.7 Å². The molecule has 12 heteroatoms. The van der Waals surface area contributed by atoms with Gasteiger partial charge in [0.05, 0.1) is 18.1 Å². The number of benzene rings is 1. The SMILES string of the molecule is CC=CN1CC(NC(=O)c2c(C(F)F)nc(CNc3n[nH]c4cc(Cl)c(C(C)(C)C)cc34)n2CC2CCCN2C(C)C)C1. The van der Waals surface area contributed by atoms with Gasteiger partial charge in [-0.1, -0.05) is 38.4 Å². The van der Waals surface area contributed by atoms with E-state index in [4.69, 9.17) is 11.6 Å². The number of likely N-dealkylation sites (tertiary alicyclic amines) is 2. The molecule has 1 amide bonds. The lowest BCUT2D eigenvalue weighted by molar-refractivity contribution is 0.0849. The van der Waals surface area contributed by atoms with Gasteiger partial charge in [-0.15, -0.1) is 0 Å². The van der Waals surface area contributed by atoms with Crippen LogP contribution in [-0.4, -0.2) is 73.2 Å². The van der Waals surface area contributed by atoms with E-state index in [1.165, 1.54) is 0 Å². The lowest BCUT2D eigenvalue weighted by atomic mass is 9.86. The van der Waals surface area contributed by atoms with Gasteiger partial charge in [0.15, 0.2) is 5.82 Å². The summed E-state index contributed by atoms with van der Waals surface area (Å²) in [6.45, 7) is 15.2. The molecule has 4 heterocycles. The Bertz CT molecular complexity index is 1480. The number of halogens is 3. The number of H-pyrrole nitrogens is 1. The van der Waals surface area contributed by atoms with Crippen LogP contribution in [0.1, 0.15) is 88.4 Å². The summed E-state index contributed by atoms with van der Waals surface area (Å²) in [4.78, 5) is 22.4. The minimum atomic E-state index is -2.89. The quantitative estimate of drug-likeness (QED) is 0.256. The molecule has 43 heavy (non-hydrogen) atoms. The van der Waals surface area contributed by atoms with Gasteiger partial charge < -0.3 is 20.1 Å². The Morgan fingerprint density at radius 3 is 2.65 bits per heavy atom. The second-order valence-electron chi connectivity index (χ2n) is 13.0. The highest BCUT2D eigenvalue weighted by atomic mass is 35.5. The van der Waals surface area contributed by atoms with Gasteiger partial charge in [0.1, 0.15) is 17.2 Å². The van der Waals surface area contributed by atoms with E-state index in [2.05, 4.69) is 70.2 Å². The van der Waals surface area contributed by atoms with Crippen molar-refractivity contribution < 1.29 is 13.6 Å². The van der Waals surface area contributed by atoms with Crippen molar-refractivity contribution in [2.75, 3.05) is 25.0 Å². The first-order valence-corrected chi connectivity index (χ1v) is 15.5. The highest BCUT2D eigenvalue weighted by molar-refractivity contribution is 6.32. The zero-order chi connectivity index (χ0) is 31.1. The van der Waals surface area contributed by atoms with Crippen molar-refractivity contribution in [1.29, 1.82) is 0 Å². The number of carbonyl (C=O) groups is 1. The molecule has 234 valence electrons. The molecular weight excluding hydrogens is 574 g/mol. The van der Waals surface area contributed by atoms with Crippen LogP contribution in [0.25, 0.3) is 10.9 Å². The van der Waals surface area contributed by atoms with Gasteiger partial charge in [0.2, 0.25) is 0 Å². The van der Waals surface area contributed by atoms with E-state index in [1.807, 2.05) is 31.3 Å². The van der Waals surface area contributed by atoms with Crippen LogP contribution in [0.5, 0.6) is 0 Å². The lowest BCUT2D eigenvalue weighted by Gasteiger charge is -2.39. The van der Waals surface area contributed by atoms with Crippen LogP contribution in [0.15, 0.2) is 24.4 Å². The summed E-state index contributed by atoms with van der Waals surface area (Å²) in [5.74, 6) is 0.434. The number of hydrogen-bond donors (Lipinski definition) is 3. The Hall–Kier alpha value is -3.18. The molecule has 2 aliphatic rings. The van der Waals surface area contributed by atoms with Gasteiger partial charge in [-0.2, -0.15) is 5.10 Å². The lowest BCUT2D eigenvalue weighted by Crippen LogP contribution is -2.57. The maximum Gasteiger partial charge on any atom is 0.282 e. The van der Waals surface area contributed by atoms with Crippen molar-refractivity contribution >= 4 is 34.2 Å². The largest absolute Gasteiger partial charge is 0.373 e. The Labute approximate surface area is 257 Å².